The van der Waals surface area contributed by atoms with Gasteiger partial charge in [-0.05, 0) is 68.8 Å². The Bertz CT molecular complexity index is 855. The molecule has 0 radical (unpaired) electrons. The van der Waals surface area contributed by atoms with Crippen LogP contribution in [0.1, 0.15) is 51.0 Å². The molecule has 1 aliphatic carbocycles. The zero-order chi connectivity index (χ0) is 22.4. The Hall–Kier alpha value is -2.35. The molecule has 3 atom stereocenters. The van der Waals surface area contributed by atoms with Crippen LogP contribution in [0.25, 0.3) is 0 Å². The van der Waals surface area contributed by atoms with Gasteiger partial charge in [-0.1, -0.05) is 25.1 Å². The first kappa shape index (κ1) is 22.8. The van der Waals surface area contributed by atoms with Crippen molar-refractivity contribution in [3.8, 4) is 0 Å². The Labute approximate surface area is 190 Å². The van der Waals surface area contributed by atoms with Crippen LogP contribution in [0, 0.1) is 0 Å². The minimum atomic E-state index is -0.776. The molecule has 1 saturated heterocycles. The van der Waals surface area contributed by atoms with Crippen LogP contribution in [0.2, 0.25) is 0 Å². The first-order valence-electron chi connectivity index (χ1n) is 11.9. The number of dihydropyridines is 1. The number of allylic oxidation sites excluding steroid dienone is 1. The van der Waals surface area contributed by atoms with Crippen LogP contribution in [0.15, 0.2) is 46.4 Å². The van der Waals surface area contributed by atoms with Gasteiger partial charge in [0.05, 0.1) is 23.4 Å². The second-order valence-electron chi connectivity index (χ2n) is 9.04. The minimum Gasteiger partial charge on any atom is -0.388 e. The third kappa shape index (κ3) is 6.12. The zero-order valence-corrected chi connectivity index (χ0v) is 18.9. The van der Waals surface area contributed by atoms with Gasteiger partial charge in [-0.3, -0.25) is 20.1 Å². The summed E-state index contributed by atoms with van der Waals surface area (Å²) in [6.07, 6.45) is 11.9. The largest absolute Gasteiger partial charge is 0.388 e. The number of aliphatic hydroxyl groups is 1. The number of carbonyl (C=O) groups is 1. The number of nitrogens with one attached hydrogen (secondary N) is 3. The maximum absolute atomic E-state index is 12.6. The van der Waals surface area contributed by atoms with Crippen molar-refractivity contribution in [1.82, 2.24) is 16.0 Å². The van der Waals surface area contributed by atoms with Gasteiger partial charge in [0.1, 0.15) is 6.17 Å². The van der Waals surface area contributed by atoms with Crippen molar-refractivity contribution >= 4 is 23.5 Å². The lowest BCUT2D eigenvalue weighted by molar-refractivity contribution is -0.124. The summed E-state index contributed by atoms with van der Waals surface area (Å²) in [5, 5.41) is 20.5. The summed E-state index contributed by atoms with van der Waals surface area (Å²) in [6, 6.07) is 7.73. The maximum Gasteiger partial charge on any atom is 0.237 e. The number of carbonyl (C=O) groups excluding carboxylic acids is 1. The van der Waals surface area contributed by atoms with E-state index in [0.29, 0.717) is 13.0 Å². The summed E-state index contributed by atoms with van der Waals surface area (Å²) >= 11 is 0. The molecule has 0 spiro atoms. The van der Waals surface area contributed by atoms with Crippen molar-refractivity contribution in [1.29, 1.82) is 0 Å². The van der Waals surface area contributed by atoms with Gasteiger partial charge in [-0.25, -0.2) is 0 Å². The molecule has 4 N–H and O–H groups in total. The van der Waals surface area contributed by atoms with Gasteiger partial charge in [-0.15, -0.1) is 0 Å². The number of amides is 1. The van der Waals surface area contributed by atoms with E-state index in [9.17, 15) is 9.90 Å². The molecule has 4 rings (SSSR count). The molecule has 7 nitrogen and oxygen atoms in total. The molecule has 2 heterocycles. The molecule has 3 unspecified atom stereocenters. The summed E-state index contributed by atoms with van der Waals surface area (Å²) in [5.41, 5.74) is 2.30. The molecule has 1 aromatic rings. The van der Waals surface area contributed by atoms with Crippen LogP contribution in [-0.4, -0.2) is 59.9 Å². The number of benzene rings is 1. The van der Waals surface area contributed by atoms with Crippen molar-refractivity contribution in [3.05, 3.63) is 42.0 Å². The lowest BCUT2D eigenvalue weighted by Gasteiger charge is -2.25. The third-order valence-corrected chi connectivity index (χ3v) is 6.52. The second kappa shape index (κ2) is 10.5. The van der Waals surface area contributed by atoms with Gasteiger partial charge in [0.15, 0.2) is 0 Å². The summed E-state index contributed by atoms with van der Waals surface area (Å²) in [5.74, 6) is 0.00581. The van der Waals surface area contributed by atoms with E-state index in [1.807, 2.05) is 30.5 Å². The molecule has 0 bridgehead atoms. The van der Waals surface area contributed by atoms with Crippen LogP contribution in [0.5, 0.6) is 0 Å². The highest BCUT2D eigenvalue weighted by Crippen LogP contribution is 2.39. The van der Waals surface area contributed by atoms with Crippen molar-refractivity contribution in [2.45, 2.75) is 75.7 Å². The van der Waals surface area contributed by atoms with Gasteiger partial charge in [-0.2, -0.15) is 0 Å². The first-order chi connectivity index (χ1) is 15.6. The number of nitrogens with zero attached hydrogens (tertiary/aromatic N) is 2. The molecule has 3 aliphatic rings. The number of hydrogen-bond acceptors (Lipinski definition) is 6. The lowest BCUT2D eigenvalue weighted by Crippen LogP contribution is -2.51. The summed E-state index contributed by atoms with van der Waals surface area (Å²) < 4.78 is 0. The smallest absolute Gasteiger partial charge is 0.237 e. The lowest BCUT2D eigenvalue weighted by atomic mass is 9.98. The van der Waals surface area contributed by atoms with E-state index in [2.05, 4.69) is 40.0 Å². The quantitative estimate of drug-likeness (QED) is 0.334. The summed E-state index contributed by atoms with van der Waals surface area (Å²) in [6.45, 7) is 3.69. The molecule has 7 heteroatoms. The molecule has 0 aromatic heterocycles. The standard InChI is InChI=1S/C25H35N5O2/c1-2-19(17-28-23-7-3-4-14-27-23)29-20-10-8-18(9-11-20)16-22(25(32)12-13-25)30-24(31)21-6-5-15-26-21/h3,7-11,14,21-23,26,28,32H,2,4-6,12-13,15-17H2,1H3,(H,30,31). The molecular weight excluding hydrogens is 402 g/mol. The Morgan fingerprint density at radius 1 is 1.34 bits per heavy atom. The zero-order valence-electron chi connectivity index (χ0n) is 18.9. The maximum atomic E-state index is 12.6. The fraction of sp³-hybridized carbons (Fsp3) is 0.560. The van der Waals surface area contributed by atoms with Crippen LogP contribution in [0.3, 0.4) is 0 Å². The SMILES string of the molecule is CCC(CNC1C=CCC=N1)=Nc1ccc(CC(NC(=O)C2CCCN2)C2(O)CC2)cc1. The summed E-state index contributed by atoms with van der Waals surface area (Å²) in [7, 11) is 0. The van der Waals surface area contributed by atoms with Gasteiger partial charge in [0.25, 0.3) is 0 Å². The third-order valence-electron chi connectivity index (χ3n) is 6.52. The van der Waals surface area contributed by atoms with Crippen molar-refractivity contribution in [2.24, 2.45) is 9.98 Å². The average Bonchev–Trinajstić information content (AvgIpc) is 3.33. The molecule has 1 aromatic carbocycles. The van der Waals surface area contributed by atoms with E-state index in [4.69, 9.17) is 4.99 Å². The van der Waals surface area contributed by atoms with Gasteiger partial charge in [0.2, 0.25) is 5.91 Å². The van der Waals surface area contributed by atoms with Gasteiger partial charge in [0, 0.05) is 24.9 Å². The minimum absolute atomic E-state index is 0.00581. The Morgan fingerprint density at radius 3 is 2.78 bits per heavy atom. The Morgan fingerprint density at radius 2 is 2.16 bits per heavy atom. The Balaban J connectivity index is 1.35. The van der Waals surface area contributed by atoms with Crippen LogP contribution >= 0.6 is 0 Å². The predicted molar refractivity (Wildman–Crippen MR) is 129 cm³/mol. The molecular formula is C25H35N5O2. The van der Waals surface area contributed by atoms with Crippen molar-refractivity contribution in [3.63, 3.8) is 0 Å². The van der Waals surface area contributed by atoms with E-state index in [-0.39, 0.29) is 24.2 Å². The highest BCUT2D eigenvalue weighted by molar-refractivity contribution is 5.88. The van der Waals surface area contributed by atoms with E-state index in [1.165, 1.54) is 0 Å². The first-order valence-corrected chi connectivity index (χ1v) is 11.9. The average molecular weight is 438 g/mol. The normalized spacial score (nSPS) is 25.0. The number of hydrogen-bond donors (Lipinski definition) is 4. The molecule has 32 heavy (non-hydrogen) atoms. The number of aliphatic imine (C=N–C) groups is 2. The fourth-order valence-electron chi connectivity index (χ4n) is 4.24. The highest BCUT2D eigenvalue weighted by Gasteiger charge is 2.48. The van der Waals surface area contributed by atoms with Gasteiger partial charge >= 0.3 is 0 Å². The van der Waals surface area contributed by atoms with E-state index < -0.39 is 5.60 Å². The fourth-order valence-corrected chi connectivity index (χ4v) is 4.24. The molecule has 1 saturated carbocycles. The van der Waals surface area contributed by atoms with Crippen LogP contribution < -0.4 is 16.0 Å². The molecule has 2 fully saturated rings. The van der Waals surface area contributed by atoms with Crippen molar-refractivity contribution in [2.75, 3.05) is 13.1 Å². The monoisotopic (exact) mass is 437 g/mol. The highest BCUT2D eigenvalue weighted by atomic mass is 16.3. The van der Waals surface area contributed by atoms with Crippen molar-refractivity contribution < 1.29 is 9.90 Å². The molecule has 172 valence electrons. The van der Waals surface area contributed by atoms with E-state index in [0.717, 1.165) is 62.0 Å². The van der Waals surface area contributed by atoms with Crippen LogP contribution in [-0.2, 0) is 11.2 Å². The summed E-state index contributed by atoms with van der Waals surface area (Å²) in [4.78, 5) is 21.8. The van der Waals surface area contributed by atoms with Crippen LogP contribution in [0.4, 0.5) is 5.69 Å². The predicted octanol–water partition coefficient (Wildman–Crippen LogP) is 2.42. The van der Waals surface area contributed by atoms with E-state index >= 15 is 0 Å². The Kier molecular flexibility index (Phi) is 7.50. The number of rotatable bonds is 10. The topological polar surface area (TPSA) is 98.1 Å². The molecule has 1 amide bonds. The molecule has 2 aliphatic heterocycles. The second-order valence-corrected chi connectivity index (χ2v) is 9.04. The van der Waals surface area contributed by atoms with E-state index in [1.54, 1.807) is 0 Å². The van der Waals surface area contributed by atoms with Gasteiger partial charge < -0.3 is 15.7 Å².